The fourth-order valence-corrected chi connectivity index (χ4v) is 1.85. The number of halogens is 1. The van der Waals surface area contributed by atoms with Crippen molar-refractivity contribution in [1.29, 1.82) is 5.26 Å². The van der Waals surface area contributed by atoms with E-state index in [0.29, 0.717) is 17.0 Å². The number of rotatable bonds is 3. The number of methoxy groups -OCH3 is 1. The maximum Gasteiger partial charge on any atom is 0.255 e. The Morgan fingerprint density at radius 1 is 1.29 bits per heavy atom. The van der Waals surface area contributed by atoms with Gasteiger partial charge < -0.3 is 10.1 Å². The Hall–Kier alpha value is -2.87. The number of hydrogen-bond donors (Lipinski definition) is 1. The first-order valence-corrected chi connectivity index (χ1v) is 6.21. The second-order valence-electron chi connectivity index (χ2n) is 4.44. The number of amides is 1. The molecule has 0 bridgehead atoms. The van der Waals surface area contributed by atoms with Gasteiger partial charge >= 0.3 is 0 Å². The molecule has 0 saturated heterocycles. The van der Waals surface area contributed by atoms with Gasteiger partial charge in [-0.05, 0) is 42.8 Å². The Bertz CT molecular complexity index is 736. The van der Waals surface area contributed by atoms with E-state index in [2.05, 4.69) is 5.32 Å². The Balaban J connectivity index is 2.24. The van der Waals surface area contributed by atoms with Gasteiger partial charge in [0.15, 0.2) is 0 Å². The number of ether oxygens (including phenoxy) is 1. The average Bonchev–Trinajstić information content (AvgIpc) is 2.49. The molecular weight excluding hydrogens is 271 g/mol. The fourth-order valence-electron chi connectivity index (χ4n) is 1.85. The minimum atomic E-state index is -0.618. The van der Waals surface area contributed by atoms with Crippen LogP contribution in [0.15, 0.2) is 36.4 Å². The molecule has 0 radical (unpaired) electrons. The summed E-state index contributed by atoms with van der Waals surface area (Å²) < 4.78 is 18.4. The van der Waals surface area contributed by atoms with Crippen LogP contribution in [0.25, 0.3) is 0 Å². The van der Waals surface area contributed by atoms with Crippen LogP contribution in [0, 0.1) is 24.1 Å². The van der Waals surface area contributed by atoms with Gasteiger partial charge in [-0.25, -0.2) is 4.39 Å². The number of carbonyl (C=O) groups excluding carboxylic acids is 1. The van der Waals surface area contributed by atoms with Crippen molar-refractivity contribution in [2.24, 2.45) is 0 Å². The van der Waals surface area contributed by atoms with E-state index >= 15 is 0 Å². The number of carbonyl (C=O) groups is 1. The maximum absolute atomic E-state index is 13.2. The third kappa shape index (κ3) is 3.18. The number of nitrogens with zero attached hydrogens (tertiary/aromatic N) is 1. The molecule has 1 amide bonds. The zero-order chi connectivity index (χ0) is 15.4. The highest BCUT2D eigenvalue weighted by Crippen LogP contribution is 2.20. The SMILES string of the molecule is COc1cc(C(=O)Nc2ccc(F)c(C#N)c2)ccc1C. The van der Waals surface area contributed by atoms with Gasteiger partial charge in [-0.3, -0.25) is 4.79 Å². The normalized spacial score (nSPS) is 9.81. The quantitative estimate of drug-likeness (QED) is 0.941. The van der Waals surface area contributed by atoms with E-state index < -0.39 is 5.82 Å². The Labute approximate surface area is 121 Å². The lowest BCUT2D eigenvalue weighted by molar-refractivity contribution is 0.102. The number of nitrogens with one attached hydrogen (secondary N) is 1. The average molecular weight is 284 g/mol. The molecule has 0 fully saturated rings. The lowest BCUT2D eigenvalue weighted by atomic mass is 10.1. The summed E-state index contributed by atoms with van der Waals surface area (Å²) in [4.78, 5) is 12.1. The van der Waals surface area contributed by atoms with Gasteiger partial charge in [-0.15, -0.1) is 0 Å². The second kappa shape index (κ2) is 6.06. The van der Waals surface area contributed by atoms with Crippen molar-refractivity contribution in [3.63, 3.8) is 0 Å². The van der Waals surface area contributed by atoms with Crippen LogP contribution in [-0.4, -0.2) is 13.0 Å². The Morgan fingerprint density at radius 3 is 2.71 bits per heavy atom. The predicted octanol–water partition coefficient (Wildman–Crippen LogP) is 3.27. The minimum absolute atomic E-state index is 0.116. The first kappa shape index (κ1) is 14.5. The highest BCUT2D eigenvalue weighted by Gasteiger charge is 2.10. The van der Waals surface area contributed by atoms with Crippen LogP contribution < -0.4 is 10.1 Å². The van der Waals surface area contributed by atoms with Crippen LogP contribution in [-0.2, 0) is 0 Å². The molecule has 0 heterocycles. The monoisotopic (exact) mass is 284 g/mol. The molecule has 5 heteroatoms. The lowest BCUT2D eigenvalue weighted by Crippen LogP contribution is -2.12. The van der Waals surface area contributed by atoms with Crippen LogP contribution in [0.4, 0.5) is 10.1 Å². The molecule has 0 spiro atoms. The van der Waals surface area contributed by atoms with Crippen LogP contribution in [0.1, 0.15) is 21.5 Å². The van der Waals surface area contributed by atoms with Crippen LogP contribution in [0.2, 0.25) is 0 Å². The fraction of sp³-hybridized carbons (Fsp3) is 0.125. The van der Waals surface area contributed by atoms with Crippen molar-refractivity contribution in [2.45, 2.75) is 6.92 Å². The molecule has 2 rings (SSSR count). The van der Waals surface area contributed by atoms with Crippen LogP contribution >= 0.6 is 0 Å². The van der Waals surface area contributed by atoms with Gasteiger partial charge in [-0.1, -0.05) is 6.07 Å². The van der Waals surface area contributed by atoms with E-state index in [0.717, 1.165) is 11.6 Å². The van der Waals surface area contributed by atoms with Crippen LogP contribution in [0.3, 0.4) is 0 Å². The van der Waals surface area contributed by atoms with Gasteiger partial charge in [0.25, 0.3) is 5.91 Å². The molecule has 0 saturated carbocycles. The third-order valence-corrected chi connectivity index (χ3v) is 3.01. The van der Waals surface area contributed by atoms with Gasteiger partial charge in [0.05, 0.1) is 12.7 Å². The number of nitriles is 1. The van der Waals surface area contributed by atoms with Crippen molar-refractivity contribution >= 4 is 11.6 Å². The largest absolute Gasteiger partial charge is 0.496 e. The summed E-state index contributed by atoms with van der Waals surface area (Å²) in [6.45, 7) is 1.87. The summed E-state index contributed by atoms with van der Waals surface area (Å²) in [5.74, 6) is -0.365. The summed E-state index contributed by atoms with van der Waals surface area (Å²) in [5, 5.41) is 11.4. The molecule has 106 valence electrons. The molecule has 1 N–H and O–H groups in total. The van der Waals surface area contributed by atoms with Crippen molar-refractivity contribution in [3.8, 4) is 11.8 Å². The summed E-state index contributed by atoms with van der Waals surface area (Å²) in [6, 6.07) is 10.6. The van der Waals surface area contributed by atoms with E-state index in [1.807, 2.05) is 6.92 Å². The zero-order valence-electron chi connectivity index (χ0n) is 11.6. The standard InChI is InChI=1S/C16H13FN2O2/c1-10-3-4-11(8-15(10)21-2)16(20)19-13-5-6-14(17)12(7-13)9-18/h3-8H,1-2H3,(H,19,20). The topological polar surface area (TPSA) is 62.1 Å². The first-order chi connectivity index (χ1) is 10.0. The second-order valence-corrected chi connectivity index (χ2v) is 4.44. The first-order valence-electron chi connectivity index (χ1n) is 6.21. The molecule has 2 aromatic carbocycles. The smallest absolute Gasteiger partial charge is 0.255 e. The molecule has 0 aliphatic rings. The summed E-state index contributed by atoms with van der Waals surface area (Å²) in [5.41, 5.74) is 1.58. The molecule has 21 heavy (non-hydrogen) atoms. The number of hydrogen-bond acceptors (Lipinski definition) is 3. The predicted molar refractivity (Wildman–Crippen MR) is 76.8 cm³/mol. The Kier molecular flexibility index (Phi) is 4.19. The summed E-state index contributed by atoms with van der Waals surface area (Å²) in [7, 11) is 1.53. The van der Waals surface area contributed by atoms with E-state index in [1.54, 1.807) is 24.3 Å². The molecule has 0 aromatic heterocycles. The van der Waals surface area contributed by atoms with Gasteiger partial charge in [0.2, 0.25) is 0 Å². The molecule has 4 nitrogen and oxygen atoms in total. The van der Waals surface area contributed by atoms with E-state index in [9.17, 15) is 9.18 Å². The van der Waals surface area contributed by atoms with Crippen molar-refractivity contribution in [1.82, 2.24) is 0 Å². The number of aryl methyl sites for hydroxylation is 1. The molecule has 0 unspecified atom stereocenters. The molecule has 2 aromatic rings. The molecule has 0 atom stereocenters. The van der Waals surface area contributed by atoms with Crippen molar-refractivity contribution in [2.75, 3.05) is 12.4 Å². The minimum Gasteiger partial charge on any atom is -0.496 e. The van der Waals surface area contributed by atoms with Gasteiger partial charge in [0.1, 0.15) is 17.6 Å². The molecule has 0 aliphatic carbocycles. The summed E-state index contributed by atoms with van der Waals surface area (Å²) in [6.07, 6.45) is 0. The summed E-state index contributed by atoms with van der Waals surface area (Å²) >= 11 is 0. The van der Waals surface area contributed by atoms with E-state index in [-0.39, 0.29) is 11.5 Å². The highest BCUT2D eigenvalue weighted by molar-refractivity contribution is 6.04. The molecule has 0 aliphatic heterocycles. The molecular formula is C16H13FN2O2. The number of benzene rings is 2. The zero-order valence-corrected chi connectivity index (χ0v) is 11.6. The van der Waals surface area contributed by atoms with Gasteiger partial charge in [0, 0.05) is 11.3 Å². The van der Waals surface area contributed by atoms with Crippen LogP contribution in [0.5, 0.6) is 5.75 Å². The van der Waals surface area contributed by atoms with Crippen molar-refractivity contribution in [3.05, 3.63) is 58.9 Å². The number of anilines is 1. The highest BCUT2D eigenvalue weighted by atomic mass is 19.1. The lowest BCUT2D eigenvalue weighted by Gasteiger charge is -2.09. The third-order valence-electron chi connectivity index (χ3n) is 3.01. The van der Waals surface area contributed by atoms with Gasteiger partial charge in [-0.2, -0.15) is 5.26 Å². The van der Waals surface area contributed by atoms with E-state index in [1.165, 1.54) is 19.2 Å². The maximum atomic E-state index is 13.2. The van der Waals surface area contributed by atoms with Crippen molar-refractivity contribution < 1.29 is 13.9 Å². The Morgan fingerprint density at radius 2 is 2.05 bits per heavy atom. The van der Waals surface area contributed by atoms with E-state index in [4.69, 9.17) is 10.00 Å².